The number of nitrogens with zero attached hydrogens (tertiary/aromatic N) is 2. The van der Waals surface area contributed by atoms with E-state index in [1.165, 1.54) is 0 Å². The number of rotatable bonds is 5. The van der Waals surface area contributed by atoms with Gasteiger partial charge in [0.15, 0.2) is 0 Å². The molecular formula is C15H14BrN3OS. The fraction of sp³-hybridized carbons (Fsp3) is 0.200. The Bertz CT molecular complexity index is 660. The molecule has 1 aromatic heterocycles. The second-order valence-corrected chi connectivity index (χ2v) is 6.84. The van der Waals surface area contributed by atoms with Crippen LogP contribution in [-0.4, -0.2) is 24.4 Å². The molecule has 0 aliphatic rings. The lowest BCUT2D eigenvalue weighted by Crippen LogP contribution is -2.31. The fourth-order valence-electron chi connectivity index (χ4n) is 1.77. The number of hydrogen-bond acceptors (Lipinski definition) is 4. The van der Waals surface area contributed by atoms with Gasteiger partial charge in [0.05, 0.1) is 22.0 Å². The number of thiophene rings is 1. The Kier molecular flexibility index (Phi) is 5.37. The predicted molar refractivity (Wildman–Crippen MR) is 88.1 cm³/mol. The van der Waals surface area contributed by atoms with Gasteiger partial charge < -0.3 is 10.2 Å². The molecule has 0 saturated heterocycles. The Balaban J connectivity index is 1.84. The van der Waals surface area contributed by atoms with Crippen molar-refractivity contribution in [3.05, 3.63) is 50.6 Å². The average Bonchev–Trinajstić information content (AvgIpc) is 2.90. The number of likely N-dealkylation sites (N-methyl/N-ethyl adjacent to an activating group) is 1. The molecule has 0 bridgehead atoms. The molecule has 21 heavy (non-hydrogen) atoms. The van der Waals surface area contributed by atoms with Crippen molar-refractivity contribution >= 4 is 38.9 Å². The minimum absolute atomic E-state index is 0.0154. The van der Waals surface area contributed by atoms with Crippen LogP contribution in [0.1, 0.15) is 11.1 Å². The number of amides is 1. The monoisotopic (exact) mass is 363 g/mol. The third-order valence-corrected chi connectivity index (χ3v) is 4.48. The van der Waals surface area contributed by atoms with E-state index in [1.54, 1.807) is 47.5 Å². The van der Waals surface area contributed by atoms with E-state index in [4.69, 9.17) is 5.26 Å². The number of carbonyl (C=O) groups excluding carboxylic acids is 1. The smallest absolute Gasteiger partial charge is 0.241 e. The van der Waals surface area contributed by atoms with Gasteiger partial charge in [-0.1, -0.05) is 0 Å². The number of nitrogens with one attached hydrogen (secondary N) is 1. The van der Waals surface area contributed by atoms with Gasteiger partial charge in [-0.15, -0.1) is 11.3 Å². The molecule has 2 rings (SSSR count). The zero-order chi connectivity index (χ0) is 15.2. The molecule has 0 radical (unpaired) electrons. The first-order chi connectivity index (χ1) is 10.1. The highest BCUT2D eigenvalue weighted by atomic mass is 79.9. The number of anilines is 1. The molecule has 1 heterocycles. The van der Waals surface area contributed by atoms with Gasteiger partial charge in [-0.2, -0.15) is 5.26 Å². The summed E-state index contributed by atoms with van der Waals surface area (Å²) in [6.07, 6.45) is 0. The van der Waals surface area contributed by atoms with Crippen molar-refractivity contribution in [3.63, 3.8) is 0 Å². The van der Waals surface area contributed by atoms with Crippen molar-refractivity contribution in [2.45, 2.75) is 6.54 Å². The first-order valence-corrected chi connectivity index (χ1v) is 7.96. The van der Waals surface area contributed by atoms with Crippen molar-refractivity contribution in [2.75, 3.05) is 18.9 Å². The quantitative estimate of drug-likeness (QED) is 0.884. The van der Waals surface area contributed by atoms with Gasteiger partial charge in [0.25, 0.3) is 0 Å². The first-order valence-electron chi connectivity index (χ1n) is 6.29. The van der Waals surface area contributed by atoms with Crippen molar-refractivity contribution in [2.24, 2.45) is 0 Å². The topological polar surface area (TPSA) is 56.1 Å². The Labute approximate surface area is 136 Å². The van der Waals surface area contributed by atoms with E-state index in [0.29, 0.717) is 12.1 Å². The third kappa shape index (κ3) is 4.59. The minimum atomic E-state index is 0.0154. The molecule has 0 aliphatic carbocycles. The number of halogens is 1. The third-order valence-electron chi connectivity index (χ3n) is 2.92. The number of hydrogen-bond donors (Lipinski definition) is 1. The summed E-state index contributed by atoms with van der Waals surface area (Å²) in [6.45, 7) is 0.823. The molecule has 6 heteroatoms. The van der Waals surface area contributed by atoms with Crippen LogP contribution in [0.4, 0.5) is 5.69 Å². The maximum Gasteiger partial charge on any atom is 0.241 e. The lowest BCUT2D eigenvalue weighted by Gasteiger charge is -2.17. The van der Waals surface area contributed by atoms with Gasteiger partial charge in [0, 0.05) is 19.3 Å². The van der Waals surface area contributed by atoms with Crippen LogP contribution in [0.2, 0.25) is 0 Å². The summed E-state index contributed by atoms with van der Waals surface area (Å²) in [7, 11) is 1.79. The summed E-state index contributed by atoms with van der Waals surface area (Å²) in [5, 5.41) is 13.8. The van der Waals surface area contributed by atoms with Crippen LogP contribution in [-0.2, 0) is 11.3 Å². The lowest BCUT2D eigenvalue weighted by atomic mass is 10.2. The van der Waals surface area contributed by atoms with Gasteiger partial charge in [-0.3, -0.25) is 4.79 Å². The van der Waals surface area contributed by atoms with Gasteiger partial charge in [0.1, 0.15) is 0 Å². The second-order valence-electron chi connectivity index (χ2n) is 4.55. The van der Waals surface area contributed by atoms with E-state index in [9.17, 15) is 4.79 Å². The van der Waals surface area contributed by atoms with Crippen LogP contribution in [0.25, 0.3) is 0 Å². The zero-order valence-electron chi connectivity index (χ0n) is 11.5. The molecule has 0 atom stereocenters. The normalized spacial score (nSPS) is 9.95. The molecule has 1 N–H and O–H groups in total. The number of nitriles is 1. The highest BCUT2D eigenvalue weighted by Gasteiger charge is 2.10. The summed E-state index contributed by atoms with van der Waals surface area (Å²) >= 11 is 5.02. The molecule has 1 aromatic carbocycles. The molecule has 0 unspecified atom stereocenters. The van der Waals surface area contributed by atoms with Gasteiger partial charge in [-0.05, 0) is 57.2 Å². The maximum absolute atomic E-state index is 12.1. The van der Waals surface area contributed by atoms with Crippen molar-refractivity contribution in [1.29, 1.82) is 5.26 Å². The van der Waals surface area contributed by atoms with Gasteiger partial charge >= 0.3 is 0 Å². The summed E-state index contributed by atoms with van der Waals surface area (Å²) < 4.78 is 1.06. The molecule has 0 spiro atoms. The van der Waals surface area contributed by atoms with Crippen LogP contribution in [0, 0.1) is 11.3 Å². The van der Waals surface area contributed by atoms with Crippen LogP contribution < -0.4 is 5.32 Å². The van der Waals surface area contributed by atoms with Crippen LogP contribution in [0.3, 0.4) is 0 Å². The minimum Gasteiger partial charge on any atom is -0.376 e. The van der Waals surface area contributed by atoms with Gasteiger partial charge in [0.2, 0.25) is 5.91 Å². The number of benzene rings is 1. The van der Waals surface area contributed by atoms with E-state index in [2.05, 4.69) is 27.3 Å². The lowest BCUT2D eigenvalue weighted by molar-refractivity contribution is -0.128. The maximum atomic E-state index is 12.1. The molecule has 108 valence electrons. The first kappa shape index (κ1) is 15.5. The predicted octanol–water partition coefficient (Wildman–Crippen LogP) is 3.45. The summed E-state index contributed by atoms with van der Waals surface area (Å²) in [6, 6.07) is 11.1. The second kappa shape index (κ2) is 7.25. The van der Waals surface area contributed by atoms with Crippen molar-refractivity contribution in [1.82, 2.24) is 4.90 Å². The fourth-order valence-corrected chi connectivity index (χ4v) is 2.97. The molecule has 0 fully saturated rings. The molecule has 0 aliphatic heterocycles. The van der Waals surface area contributed by atoms with E-state index < -0.39 is 0 Å². The Morgan fingerprint density at radius 2 is 2.14 bits per heavy atom. The highest BCUT2D eigenvalue weighted by molar-refractivity contribution is 9.11. The highest BCUT2D eigenvalue weighted by Crippen LogP contribution is 2.21. The molecule has 4 nitrogen and oxygen atoms in total. The standard InChI is InChI=1S/C15H14BrN3OS/c1-19(9-12-6-14(16)21-10-12)15(20)8-18-13-4-2-11(7-17)3-5-13/h2-6,10,18H,8-9H2,1H3. The Morgan fingerprint density at radius 1 is 1.43 bits per heavy atom. The summed E-state index contributed by atoms with van der Waals surface area (Å²) in [4.78, 5) is 13.7. The SMILES string of the molecule is CN(Cc1csc(Br)c1)C(=O)CNc1ccc(C#N)cc1. The Morgan fingerprint density at radius 3 is 2.71 bits per heavy atom. The summed E-state index contributed by atoms with van der Waals surface area (Å²) in [5.41, 5.74) is 2.54. The van der Waals surface area contributed by atoms with Crippen LogP contribution in [0.15, 0.2) is 39.5 Å². The van der Waals surface area contributed by atoms with E-state index in [1.807, 2.05) is 11.4 Å². The summed E-state index contributed by atoms with van der Waals surface area (Å²) in [5.74, 6) is 0.0154. The molecule has 0 saturated carbocycles. The van der Waals surface area contributed by atoms with E-state index >= 15 is 0 Å². The van der Waals surface area contributed by atoms with Crippen molar-refractivity contribution in [3.8, 4) is 6.07 Å². The molecular weight excluding hydrogens is 350 g/mol. The Hall–Kier alpha value is -1.84. The average molecular weight is 364 g/mol. The van der Waals surface area contributed by atoms with Crippen LogP contribution >= 0.6 is 27.3 Å². The molecule has 1 amide bonds. The zero-order valence-corrected chi connectivity index (χ0v) is 13.9. The van der Waals surface area contributed by atoms with Crippen LogP contribution in [0.5, 0.6) is 0 Å². The van der Waals surface area contributed by atoms with Gasteiger partial charge in [-0.25, -0.2) is 0 Å². The van der Waals surface area contributed by atoms with Crippen molar-refractivity contribution < 1.29 is 4.79 Å². The largest absolute Gasteiger partial charge is 0.376 e. The molecule has 2 aromatic rings. The number of carbonyl (C=O) groups is 1. The van der Waals surface area contributed by atoms with E-state index in [-0.39, 0.29) is 12.5 Å². The van der Waals surface area contributed by atoms with E-state index in [0.717, 1.165) is 15.0 Å².